The van der Waals surface area contributed by atoms with Gasteiger partial charge in [-0.3, -0.25) is 0 Å². The molecular formula is C9H14O4. The normalized spacial score (nSPS) is 22.4. The molecule has 74 valence electrons. The van der Waals surface area contributed by atoms with Gasteiger partial charge < -0.3 is 14.9 Å². The highest BCUT2D eigenvalue weighted by molar-refractivity contribution is 5.86. The minimum atomic E-state index is -0.987. The topological polar surface area (TPSA) is 70.1 Å². The number of hydrogen-bond acceptors (Lipinski definition) is 3. The predicted octanol–water partition coefficient (Wildman–Crippen LogP) is 0.415. The molecule has 4 nitrogen and oxygen atoms in total. The fourth-order valence-corrected chi connectivity index (χ4v) is 1.29. The molecule has 1 rings (SSSR count). The summed E-state index contributed by atoms with van der Waals surface area (Å²) in [5, 5.41) is 17.4. The van der Waals surface area contributed by atoms with Crippen molar-refractivity contribution >= 4 is 5.97 Å². The molecule has 0 radical (unpaired) electrons. The summed E-state index contributed by atoms with van der Waals surface area (Å²) < 4.78 is 5.00. The second-order valence-electron chi connectivity index (χ2n) is 3.23. The van der Waals surface area contributed by atoms with Crippen LogP contribution in [0.1, 0.15) is 12.8 Å². The molecule has 2 unspecified atom stereocenters. The minimum absolute atomic E-state index is 0.0102. The van der Waals surface area contributed by atoms with Gasteiger partial charge in [0.1, 0.15) is 0 Å². The maximum absolute atomic E-state index is 10.6. The number of epoxide rings is 1. The molecule has 2 atom stereocenters. The van der Waals surface area contributed by atoms with Crippen molar-refractivity contribution in [3.05, 3.63) is 12.2 Å². The number of aliphatic carboxylic acids is 1. The summed E-state index contributed by atoms with van der Waals surface area (Å²) in [7, 11) is 0. The molecule has 1 saturated heterocycles. The molecule has 0 aromatic heterocycles. The zero-order valence-electron chi connectivity index (χ0n) is 7.40. The molecule has 0 saturated carbocycles. The van der Waals surface area contributed by atoms with Crippen LogP contribution in [-0.2, 0) is 9.53 Å². The van der Waals surface area contributed by atoms with E-state index in [9.17, 15) is 4.79 Å². The minimum Gasteiger partial charge on any atom is -0.478 e. The van der Waals surface area contributed by atoms with Crippen LogP contribution in [0.3, 0.4) is 0 Å². The number of carboxylic acid groups (broad SMARTS) is 1. The van der Waals surface area contributed by atoms with Crippen molar-refractivity contribution in [2.75, 3.05) is 13.2 Å². The maximum Gasteiger partial charge on any atom is 0.331 e. The number of carbonyl (C=O) groups is 1. The average Bonchev–Trinajstić information content (AvgIpc) is 2.86. The van der Waals surface area contributed by atoms with Crippen LogP contribution < -0.4 is 0 Å². The smallest absolute Gasteiger partial charge is 0.331 e. The van der Waals surface area contributed by atoms with E-state index in [1.165, 1.54) is 0 Å². The summed E-state index contributed by atoms with van der Waals surface area (Å²) in [4.78, 5) is 10.6. The van der Waals surface area contributed by atoms with Gasteiger partial charge in [0.05, 0.1) is 12.7 Å². The van der Waals surface area contributed by atoms with Crippen LogP contribution in [0.2, 0.25) is 0 Å². The number of rotatable bonds is 6. The monoisotopic (exact) mass is 186 g/mol. The van der Waals surface area contributed by atoms with E-state index in [1.807, 2.05) is 0 Å². The van der Waals surface area contributed by atoms with Crippen LogP contribution in [0.4, 0.5) is 0 Å². The van der Waals surface area contributed by atoms with Crippen LogP contribution in [0.15, 0.2) is 12.2 Å². The van der Waals surface area contributed by atoms with Gasteiger partial charge >= 0.3 is 5.97 Å². The van der Waals surface area contributed by atoms with Crippen molar-refractivity contribution in [3.8, 4) is 0 Å². The van der Waals surface area contributed by atoms with Gasteiger partial charge in [-0.05, 0) is 18.8 Å². The molecule has 1 fully saturated rings. The largest absolute Gasteiger partial charge is 0.478 e. The summed E-state index contributed by atoms with van der Waals surface area (Å²) in [5.41, 5.74) is 0.171. The Labute approximate surface area is 76.8 Å². The van der Waals surface area contributed by atoms with Crippen LogP contribution in [0.25, 0.3) is 0 Å². The molecule has 2 N–H and O–H groups in total. The maximum atomic E-state index is 10.6. The lowest BCUT2D eigenvalue weighted by Crippen LogP contribution is -2.15. The lowest BCUT2D eigenvalue weighted by molar-refractivity contribution is -0.133. The first-order valence-corrected chi connectivity index (χ1v) is 4.29. The van der Waals surface area contributed by atoms with Gasteiger partial charge in [0.2, 0.25) is 0 Å². The molecule has 0 amide bonds. The van der Waals surface area contributed by atoms with Crippen LogP contribution in [0, 0.1) is 5.92 Å². The Bertz CT molecular complexity index is 208. The Hall–Kier alpha value is -0.870. The molecule has 4 heteroatoms. The van der Waals surface area contributed by atoms with Gasteiger partial charge in [-0.1, -0.05) is 6.58 Å². The van der Waals surface area contributed by atoms with E-state index in [-0.39, 0.29) is 24.2 Å². The summed E-state index contributed by atoms with van der Waals surface area (Å²) in [5.74, 6) is -1.14. The quantitative estimate of drug-likeness (QED) is 0.465. The highest BCUT2D eigenvalue weighted by Gasteiger charge is 2.29. The SMILES string of the molecule is C=C(C(=O)O)C(CCO)CC1CO1. The molecule has 1 aliphatic heterocycles. The van der Waals surface area contributed by atoms with Crippen molar-refractivity contribution in [2.45, 2.75) is 18.9 Å². The lowest BCUT2D eigenvalue weighted by Gasteiger charge is -2.13. The molecule has 0 bridgehead atoms. The number of aliphatic hydroxyl groups is 1. The van der Waals surface area contributed by atoms with Gasteiger partial charge in [-0.25, -0.2) is 4.79 Å². The van der Waals surface area contributed by atoms with E-state index in [1.54, 1.807) is 0 Å². The molecule has 13 heavy (non-hydrogen) atoms. The lowest BCUT2D eigenvalue weighted by atomic mass is 9.92. The van der Waals surface area contributed by atoms with E-state index in [4.69, 9.17) is 14.9 Å². The Morgan fingerprint density at radius 3 is 2.69 bits per heavy atom. The summed E-state index contributed by atoms with van der Waals surface area (Å²) in [6, 6.07) is 0. The third-order valence-electron chi connectivity index (χ3n) is 2.19. The van der Waals surface area contributed by atoms with Crippen LogP contribution >= 0.6 is 0 Å². The fourth-order valence-electron chi connectivity index (χ4n) is 1.29. The van der Waals surface area contributed by atoms with Crippen molar-refractivity contribution in [1.82, 2.24) is 0 Å². The first-order chi connectivity index (χ1) is 6.15. The van der Waals surface area contributed by atoms with E-state index >= 15 is 0 Å². The zero-order valence-corrected chi connectivity index (χ0v) is 7.40. The number of carboxylic acids is 1. The molecule has 0 aliphatic carbocycles. The molecule has 1 aliphatic rings. The van der Waals surface area contributed by atoms with Crippen molar-refractivity contribution < 1.29 is 19.7 Å². The Morgan fingerprint density at radius 1 is 1.69 bits per heavy atom. The van der Waals surface area contributed by atoms with Crippen molar-refractivity contribution in [1.29, 1.82) is 0 Å². The van der Waals surface area contributed by atoms with Gasteiger partial charge in [0, 0.05) is 12.2 Å². The molecule has 0 spiro atoms. The summed E-state index contributed by atoms with van der Waals surface area (Å²) in [6.45, 7) is 4.18. The Morgan fingerprint density at radius 2 is 2.31 bits per heavy atom. The third-order valence-corrected chi connectivity index (χ3v) is 2.19. The average molecular weight is 186 g/mol. The fraction of sp³-hybridized carbons (Fsp3) is 0.667. The van der Waals surface area contributed by atoms with Gasteiger partial charge in [-0.15, -0.1) is 0 Å². The predicted molar refractivity (Wildman–Crippen MR) is 46.3 cm³/mol. The summed E-state index contributed by atoms with van der Waals surface area (Å²) in [6.07, 6.45) is 1.28. The highest BCUT2D eigenvalue weighted by atomic mass is 16.6. The van der Waals surface area contributed by atoms with Crippen LogP contribution in [-0.4, -0.2) is 35.5 Å². The standard InChI is InChI=1S/C9H14O4/c1-6(9(11)12)7(2-3-10)4-8-5-13-8/h7-8,10H,1-5H2,(H,11,12). The highest BCUT2D eigenvalue weighted by Crippen LogP contribution is 2.26. The van der Waals surface area contributed by atoms with Gasteiger partial charge in [0.25, 0.3) is 0 Å². The molecule has 0 aromatic rings. The second-order valence-corrected chi connectivity index (χ2v) is 3.23. The number of ether oxygens (including phenoxy) is 1. The van der Waals surface area contributed by atoms with E-state index in [0.717, 1.165) is 0 Å². The van der Waals surface area contributed by atoms with Gasteiger partial charge in [0.15, 0.2) is 0 Å². The molecule has 0 aromatic carbocycles. The number of aliphatic hydroxyl groups excluding tert-OH is 1. The van der Waals surface area contributed by atoms with Crippen molar-refractivity contribution in [3.63, 3.8) is 0 Å². The Balaban J connectivity index is 2.43. The molecular weight excluding hydrogens is 172 g/mol. The third kappa shape index (κ3) is 3.16. The first kappa shape index (κ1) is 10.2. The van der Waals surface area contributed by atoms with E-state index < -0.39 is 5.97 Å². The van der Waals surface area contributed by atoms with E-state index in [2.05, 4.69) is 6.58 Å². The van der Waals surface area contributed by atoms with Crippen molar-refractivity contribution in [2.24, 2.45) is 5.92 Å². The van der Waals surface area contributed by atoms with E-state index in [0.29, 0.717) is 19.4 Å². The zero-order chi connectivity index (χ0) is 9.84. The van der Waals surface area contributed by atoms with Crippen LogP contribution in [0.5, 0.6) is 0 Å². The number of hydrogen-bond donors (Lipinski definition) is 2. The Kier molecular flexibility index (Phi) is 3.45. The second kappa shape index (κ2) is 4.39. The summed E-state index contributed by atoms with van der Waals surface area (Å²) >= 11 is 0. The molecule has 1 heterocycles. The van der Waals surface area contributed by atoms with Gasteiger partial charge in [-0.2, -0.15) is 0 Å². The first-order valence-electron chi connectivity index (χ1n) is 4.29.